The van der Waals surface area contributed by atoms with Gasteiger partial charge in [0.2, 0.25) is 5.91 Å². The number of amides is 1. The van der Waals surface area contributed by atoms with Crippen molar-refractivity contribution in [1.29, 1.82) is 0 Å². The Morgan fingerprint density at radius 3 is 2.70 bits per heavy atom. The minimum absolute atomic E-state index is 0.0180. The highest BCUT2D eigenvalue weighted by molar-refractivity contribution is 8.01. The molecule has 4 nitrogen and oxygen atoms in total. The third-order valence-corrected chi connectivity index (χ3v) is 5.97. The van der Waals surface area contributed by atoms with E-state index in [4.69, 9.17) is 4.74 Å². The van der Waals surface area contributed by atoms with E-state index in [9.17, 15) is 9.18 Å². The molecule has 0 saturated carbocycles. The monoisotopic (exact) mass is 402 g/mol. The SMILES string of the molecule is COc1ccccc1CN(C)C(=O)CSc1nc(-c2ccc(F)cc2)cs1. The summed E-state index contributed by atoms with van der Waals surface area (Å²) in [7, 11) is 3.40. The van der Waals surface area contributed by atoms with E-state index in [1.807, 2.05) is 29.6 Å². The first-order chi connectivity index (χ1) is 13.1. The molecule has 0 saturated heterocycles. The van der Waals surface area contributed by atoms with Gasteiger partial charge in [0, 0.05) is 30.1 Å². The smallest absolute Gasteiger partial charge is 0.233 e. The van der Waals surface area contributed by atoms with Crippen LogP contribution in [0.15, 0.2) is 58.3 Å². The number of thioether (sulfide) groups is 1. The molecule has 0 N–H and O–H groups in total. The lowest BCUT2D eigenvalue weighted by atomic mass is 10.2. The van der Waals surface area contributed by atoms with Gasteiger partial charge in [0.05, 0.1) is 18.6 Å². The van der Waals surface area contributed by atoms with Crippen molar-refractivity contribution >= 4 is 29.0 Å². The van der Waals surface area contributed by atoms with Gasteiger partial charge in [-0.15, -0.1) is 11.3 Å². The van der Waals surface area contributed by atoms with Crippen LogP contribution >= 0.6 is 23.1 Å². The molecule has 0 unspecified atom stereocenters. The highest BCUT2D eigenvalue weighted by Gasteiger charge is 2.14. The Labute approximate surface area is 166 Å². The second-order valence-electron chi connectivity index (χ2n) is 5.86. The van der Waals surface area contributed by atoms with Crippen molar-refractivity contribution in [2.45, 2.75) is 10.9 Å². The summed E-state index contributed by atoms with van der Waals surface area (Å²) in [6, 6.07) is 13.9. The van der Waals surface area contributed by atoms with E-state index in [0.29, 0.717) is 12.3 Å². The summed E-state index contributed by atoms with van der Waals surface area (Å²) in [5, 5.41) is 1.92. The maximum atomic E-state index is 13.0. The van der Waals surface area contributed by atoms with E-state index in [2.05, 4.69) is 4.98 Å². The molecule has 0 fully saturated rings. The zero-order valence-corrected chi connectivity index (χ0v) is 16.6. The number of benzene rings is 2. The molecule has 3 aromatic rings. The number of methoxy groups -OCH3 is 1. The summed E-state index contributed by atoms with van der Waals surface area (Å²) in [5.74, 6) is 0.826. The van der Waals surface area contributed by atoms with Crippen LogP contribution in [0.25, 0.3) is 11.3 Å². The van der Waals surface area contributed by atoms with Gasteiger partial charge >= 0.3 is 0 Å². The molecule has 2 aromatic carbocycles. The second kappa shape index (κ2) is 9.01. The number of thiazole rings is 1. The predicted octanol–water partition coefficient (Wildman–Crippen LogP) is 4.71. The standard InChI is InChI=1S/C20H19FN2O2S2/c1-23(11-15-5-3-4-6-18(15)25-2)19(24)13-27-20-22-17(12-26-20)14-7-9-16(21)10-8-14/h3-10,12H,11,13H2,1-2H3. The molecule has 0 aliphatic heterocycles. The summed E-state index contributed by atoms with van der Waals surface area (Å²) >= 11 is 2.89. The molecule has 0 atom stereocenters. The van der Waals surface area contributed by atoms with Gasteiger partial charge in [0.1, 0.15) is 11.6 Å². The first kappa shape index (κ1) is 19.4. The number of aromatic nitrogens is 1. The molecule has 0 radical (unpaired) electrons. The first-order valence-electron chi connectivity index (χ1n) is 8.27. The molecule has 0 bridgehead atoms. The fourth-order valence-electron chi connectivity index (χ4n) is 2.49. The van der Waals surface area contributed by atoms with Gasteiger partial charge in [-0.3, -0.25) is 4.79 Å². The van der Waals surface area contributed by atoms with Crippen molar-refractivity contribution in [2.24, 2.45) is 0 Å². The molecule has 0 aliphatic carbocycles. The lowest BCUT2D eigenvalue weighted by molar-refractivity contribution is -0.127. The largest absolute Gasteiger partial charge is 0.496 e. The molecule has 7 heteroatoms. The Bertz CT molecular complexity index is 912. The van der Waals surface area contributed by atoms with E-state index in [1.165, 1.54) is 35.2 Å². The number of rotatable bonds is 7. The Balaban J connectivity index is 1.56. The van der Waals surface area contributed by atoms with Gasteiger partial charge in [0.15, 0.2) is 4.34 Å². The average Bonchev–Trinajstić information content (AvgIpc) is 3.16. The van der Waals surface area contributed by atoms with Crippen LogP contribution in [-0.4, -0.2) is 35.7 Å². The van der Waals surface area contributed by atoms with Gasteiger partial charge in [0.25, 0.3) is 0 Å². The zero-order chi connectivity index (χ0) is 19.2. The van der Waals surface area contributed by atoms with Crippen LogP contribution in [0.1, 0.15) is 5.56 Å². The number of hydrogen-bond acceptors (Lipinski definition) is 5. The molecular weight excluding hydrogens is 383 g/mol. The summed E-state index contributed by atoms with van der Waals surface area (Å²) in [4.78, 5) is 18.6. The quantitative estimate of drug-likeness (QED) is 0.537. The number of ether oxygens (including phenoxy) is 1. The minimum Gasteiger partial charge on any atom is -0.496 e. The summed E-state index contributed by atoms with van der Waals surface area (Å²) in [6.45, 7) is 0.488. The minimum atomic E-state index is -0.271. The van der Waals surface area contributed by atoms with Crippen molar-refractivity contribution in [3.05, 3.63) is 65.3 Å². The maximum Gasteiger partial charge on any atom is 0.233 e. The summed E-state index contributed by atoms with van der Waals surface area (Å²) in [6.07, 6.45) is 0. The molecule has 0 aliphatic rings. The van der Waals surface area contributed by atoms with E-state index in [0.717, 1.165) is 26.9 Å². The third kappa shape index (κ3) is 5.08. The fourth-order valence-corrected chi connectivity index (χ4v) is 4.26. The Kier molecular flexibility index (Phi) is 6.47. The number of hydrogen-bond donors (Lipinski definition) is 0. The molecule has 3 rings (SSSR count). The lowest BCUT2D eigenvalue weighted by Gasteiger charge is -2.18. The number of nitrogens with zero attached hydrogens (tertiary/aromatic N) is 2. The van der Waals surface area contributed by atoms with Crippen molar-refractivity contribution < 1.29 is 13.9 Å². The van der Waals surface area contributed by atoms with E-state index >= 15 is 0 Å². The molecule has 0 spiro atoms. The van der Waals surface area contributed by atoms with Crippen LogP contribution in [0.4, 0.5) is 4.39 Å². The average molecular weight is 403 g/mol. The maximum absolute atomic E-state index is 13.0. The lowest BCUT2D eigenvalue weighted by Crippen LogP contribution is -2.27. The topological polar surface area (TPSA) is 42.4 Å². The van der Waals surface area contributed by atoms with Crippen molar-refractivity contribution in [1.82, 2.24) is 9.88 Å². The van der Waals surface area contributed by atoms with Crippen LogP contribution in [0.5, 0.6) is 5.75 Å². The summed E-state index contributed by atoms with van der Waals surface area (Å²) in [5.41, 5.74) is 2.62. The Hall–Kier alpha value is -2.38. The van der Waals surface area contributed by atoms with Crippen LogP contribution in [0, 0.1) is 5.82 Å². The van der Waals surface area contributed by atoms with Crippen LogP contribution < -0.4 is 4.74 Å². The molecule has 1 aromatic heterocycles. The first-order valence-corrected chi connectivity index (χ1v) is 10.1. The Morgan fingerprint density at radius 1 is 1.22 bits per heavy atom. The normalized spacial score (nSPS) is 10.6. The molecular formula is C20H19FN2O2S2. The summed E-state index contributed by atoms with van der Waals surface area (Å²) < 4.78 is 19.2. The Morgan fingerprint density at radius 2 is 1.96 bits per heavy atom. The number of para-hydroxylation sites is 1. The highest BCUT2D eigenvalue weighted by Crippen LogP contribution is 2.28. The number of carbonyl (C=O) groups is 1. The van der Waals surface area contributed by atoms with Crippen LogP contribution in [-0.2, 0) is 11.3 Å². The van der Waals surface area contributed by atoms with Gasteiger partial charge < -0.3 is 9.64 Å². The zero-order valence-electron chi connectivity index (χ0n) is 15.0. The molecule has 1 heterocycles. The van der Waals surface area contributed by atoms with Crippen LogP contribution in [0.3, 0.4) is 0 Å². The van der Waals surface area contributed by atoms with Crippen LogP contribution in [0.2, 0.25) is 0 Å². The van der Waals surface area contributed by atoms with Gasteiger partial charge in [-0.2, -0.15) is 0 Å². The molecule has 1 amide bonds. The van der Waals surface area contributed by atoms with Gasteiger partial charge in [-0.25, -0.2) is 9.37 Å². The third-order valence-electron chi connectivity index (χ3n) is 3.97. The predicted molar refractivity (Wildman–Crippen MR) is 108 cm³/mol. The fraction of sp³-hybridized carbons (Fsp3) is 0.200. The van der Waals surface area contributed by atoms with Crippen molar-refractivity contribution in [2.75, 3.05) is 19.9 Å². The number of halogens is 1. The number of carbonyl (C=O) groups excluding carboxylic acids is 1. The molecule has 140 valence electrons. The van der Waals surface area contributed by atoms with E-state index in [-0.39, 0.29) is 11.7 Å². The second-order valence-corrected chi connectivity index (χ2v) is 7.94. The van der Waals surface area contributed by atoms with E-state index in [1.54, 1.807) is 31.2 Å². The van der Waals surface area contributed by atoms with Crippen molar-refractivity contribution in [3.63, 3.8) is 0 Å². The van der Waals surface area contributed by atoms with E-state index < -0.39 is 0 Å². The molecule has 27 heavy (non-hydrogen) atoms. The van der Waals surface area contributed by atoms with Crippen molar-refractivity contribution in [3.8, 4) is 17.0 Å². The van der Waals surface area contributed by atoms with Gasteiger partial charge in [-0.1, -0.05) is 30.0 Å². The highest BCUT2D eigenvalue weighted by atomic mass is 32.2. The van der Waals surface area contributed by atoms with Gasteiger partial charge in [-0.05, 0) is 30.3 Å².